The lowest BCUT2D eigenvalue weighted by molar-refractivity contribution is -0.0117. The van der Waals surface area contributed by atoms with E-state index in [9.17, 15) is 5.11 Å². The number of methoxy groups -OCH3 is 1. The van der Waals surface area contributed by atoms with Gasteiger partial charge in [-0.05, 0) is 54.9 Å². The lowest BCUT2D eigenvalue weighted by Gasteiger charge is -2.39. The average molecular weight is 342 g/mol. The number of nitrogens with zero attached hydrogens (tertiary/aromatic N) is 1. The zero-order chi connectivity index (χ0) is 17.0. The highest BCUT2D eigenvalue weighted by molar-refractivity contribution is 7.80. The van der Waals surface area contributed by atoms with Gasteiger partial charge >= 0.3 is 0 Å². The molecule has 1 aliphatic heterocycles. The van der Waals surface area contributed by atoms with E-state index in [1.165, 1.54) is 0 Å². The molecule has 0 bridgehead atoms. The van der Waals surface area contributed by atoms with Gasteiger partial charge in [0.05, 0.1) is 12.7 Å². The minimum atomic E-state index is -0.756. The summed E-state index contributed by atoms with van der Waals surface area (Å²) in [6.07, 6.45) is 1.34. The van der Waals surface area contributed by atoms with Crippen molar-refractivity contribution in [1.29, 1.82) is 0 Å². The third kappa shape index (κ3) is 3.68. The summed E-state index contributed by atoms with van der Waals surface area (Å²) in [5.74, 6) is 0.817. The molecule has 0 aliphatic carbocycles. The fourth-order valence-electron chi connectivity index (χ4n) is 2.99. The van der Waals surface area contributed by atoms with Crippen LogP contribution in [0, 0.1) is 0 Å². The summed E-state index contributed by atoms with van der Waals surface area (Å²) in [6.45, 7) is 1.46. The van der Waals surface area contributed by atoms with Gasteiger partial charge in [0.1, 0.15) is 5.75 Å². The number of hydrogen-bond donors (Lipinski definition) is 2. The first-order chi connectivity index (χ1) is 11.6. The van der Waals surface area contributed by atoms with Crippen molar-refractivity contribution in [3.8, 4) is 5.75 Å². The highest BCUT2D eigenvalue weighted by Crippen LogP contribution is 2.32. The zero-order valence-electron chi connectivity index (χ0n) is 13.7. The number of thiocarbonyl (C=S) groups is 1. The second kappa shape index (κ2) is 7.20. The van der Waals surface area contributed by atoms with Gasteiger partial charge in [-0.2, -0.15) is 0 Å². The number of aliphatic hydroxyl groups is 1. The highest BCUT2D eigenvalue weighted by Gasteiger charge is 2.34. The Labute approximate surface area is 148 Å². The summed E-state index contributed by atoms with van der Waals surface area (Å²) >= 11 is 5.51. The molecule has 24 heavy (non-hydrogen) atoms. The van der Waals surface area contributed by atoms with Gasteiger partial charge in [-0.1, -0.05) is 30.3 Å². The number of hydrogen-bond acceptors (Lipinski definition) is 3. The average Bonchev–Trinajstić information content (AvgIpc) is 2.63. The minimum absolute atomic E-state index is 0.668. The molecule has 1 saturated heterocycles. The van der Waals surface area contributed by atoms with E-state index in [1.807, 2.05) is 54.6 Å². The first-order valence-electron chi connectivity index (χ1n) is 8.09. The summed E-state index contributed by atoms with van der Waals surface area (Å²) in [7, 11) is 1.65. The molecule has 3 rings (SSSR count). The van der Waals surface area contributed by atoms with Crippen molar-refractivity contribution in [3.05, 3.63) is 60.2 Å². The SMILES string of the molecule is COc1ccc(NC(=S)N2CCC(O)(c3ccccc3)CC2)cc1. The summed E-state index contributed by atoms with van der Waals surface area (Å²) in [6, 6.07) is 17.6. The fraction of sp³-hybridized carbons (Fsp3) is 0.316. The molecule has 2 N–H and O–H groups in total. The molecule has 0 aromatic heterocycles. The molecule has 1 heterocycles. The van der Waals surface area contributed by atoms with Gasteiger partial charge in [0.25, 0.3) is 0 Å². The van der Waals surface area contributed by atoms with E-state index in [1.54, 1.807) is 7.11 Å². The third-order valence-corrected chi connectivity index (χ3v) is 4.89. The van der Waals surface area contributed by atoms with E-state index in [-0.39, 0.29) is 0 Å². The molecule has 2 aromatic rings. The predicted octanol–water partition coefficient (Wildman–Crippen LogP) is 3.38. The van der Waals surface area contributed by atoms with Crippen LogP contribution in [0.1, 0.15) is 18.4 Å². The monoisotopic (exact) mass is 342 g/mol. The van der Waals surface area contributed by atoms with Crippen molar-refractivity contribution in [2.24, 2.45) is 0 Å². The van der Waals surface area contributed by atoms with Gasteiger partial charge in [0, 0.05) is 18.8 Å². The Balaban J connectivity index is 1.58. The van der Waals surface area contributed by atoms with E-state index >= 15 is 0 Å². The quantitative estimate of drug-likeness (QED) is 0.838. The Bertz CT molecular complexity index is 680. The predicted molar refractivity (Wildman–Crippen MR) is 100 cm³/mol. The standard InChI is InChI=1S/C19H22N2O2S/c1-23-17-9-7-16(8-10-17)20-18(24)21-13-11-19(22,12-14-21)15-5-3-2-4-6-15/h2-10,22H,11-14H2,1H3,(H,20,24). The number of anilines is 1. The van der Waals surface area contributed by atoms with Crippen LogP contribution in [0.25, 0.3) is 0 Å². The summed E-state index contributed by atoms with van der Waals surface area (Å²) < 4.78 is 5.16. The van der Waals surface area contributed by atoms with Crippen molar-refractivity contribution < 1.29 is 9.84 Å². The Kier molecular flexibility index (Phi) is 5.02. The molecule has 1 fully saturated rings. The molecule has 2 aromatic carbocycles. The molecule has 126 valence electrons. The summed E-state index contributed by atoms with van der Waals surface area (Å²) in [4.78, 5) is 2.11. The molecule has 0 amide bonds. The topological polar surface area (TPSA) is 44.7 Å². The molecule has 4 nitrogen and oxygen atoms in total. The van der Waals surface area contributed by atoms with Crippen molar-refractivity contribution in [1.82, 2.24) is 4.90 Å². The van der Waals surface area contributed by atoms with Crippen molar-refractivity contribution >= 4 is 23.0 Å². The number of piperidine rings is 1. The van der Waals surface area contributed by atoms with Gasteiger partial charge in [0.2, 0.25) is 0 Å². The maximum Gasteiger partial charge on any atom is 0.173 e. The van der Waals surface area contributed by atoms with E-state index in [4.69, 9.17) is 17.0 Å². The molecular weight excluding hydrogens is 320 g/mol. The lowest BCUT2D eigenvalue weighted by Crippen LogP contribution is -2.46. The number of nitrogens with one attached hydrogen (secondary N) is 1. The van der Waals surface area contributed by atoms with Crippen LogP contribution < -0.4 is 10.1 Å². The highest BCUT2D eigenvalue weighted by atomic mass is 32.1. The van der Waals surface area contributed by atoms with Gasteiger partial charge < -0.3 is 20.1 Å². The Morgan fingerprint density at radius 1 is 1.08 bits per heavy atom. The van der Waals surface area contributed by atoms with Gasteiger partial charge in [-0.25, -0.2) is 0 Å². The van der Waals surface area contributed by atoms with Crippen molar-refractivity contribution in [2.75, 3.05) is 25.5 Å². The molecular formula is C19H22N2O2S. The Hall–Kier alpha value is -2.11. The molecule has 1 aliphatic rings. The van der Waals surface area contributed by atoms with Crippen LogP contribution >= 0.6 is 12.2 Å². The smallest absolute Gasteiger partial charge is 0.173 e. The van der Waals surface area contributed by atoms with Crippen LogP contribution in [-0.2, 0) is 5.60 Å². The lowest BCUT2D eigenvalue weighted by atomic mass is 9.84. The summed E-state index contributed by atoms with van der Waals surface area (Å²) in [5, 5.41) is 14.8. The Morgan fingerprint density at radius 2 is 1.71 bits per heavy atom. The molecule has 5 heteroatoms. The maximum atomic E-state index is 10.9. The number of benzene rings is 2. The molecule has 0 atom stereocenters. The number of rotatable bonds is 3. The zero-order valence-corrected chi connectivity index (χ0v) is 14.6. The maximum absolute atomic E-state index is 10.9. The van der Waals surface area contributed by atoms with E-state index < -0.39 is 5.60 Å². The number of ether oxygens (including phenoxy) is 1. The molecule has 0 saturated carbocycles. The van der Waals surface area contributed by atoms with Gasteiger partial charge in [0.15, 0.2) is 5.11 Å². The summed E-state index contributed by atoms with van der Waals surface area (Å²) in [5.41, 5.74) is 1.16. The van der Waals surface area contributed by atoms with Gasteiger partial charge in [-0.3, -0.25) is 0 Å². The normalized spacial score (nSPS) is 16.5. The van der Waals surface area contributed by atoms with Crippen molar-refractivity contribution in [3.63, 3.8) is 0 Å². The van der Waals surface area contributed by atoms with Crippen LogP contribution in [0.4, 0.5) is 5.69 Å². The second-order valence-corrected chi connectivity index (χ2v) is 6.43. The van der Waals surface area contributed by atoms with Crippen LogP contribution in [0.5, 0.6) is 5.75 Å². The second-order valence-electron chi connectivity index (χ2n) is 6.04. The van der Waals surface area contributed by atoms with E-state index in [0.29, 0.717) is 18.0 Å². The fourth-order valence-corrected chi connectivity index (χ4v) is 3.29. The van der Waals surface area contributed by atoms with Crippen LogP contribution in [0.2, 0.25) is 0 Å². The third-order valence-electron chi connectivity index (χ3n) is 4.53. The van der Waals surface area contributed by atoms with E-state index in [0.717, 1.165) is 30.1 Å². The van der Waals surface area contributed by atoms with Crippen molar-refractivity contribution in [2.45, 2.75) is 18.4 Å². The van der Waals surface area contributed by atoms with Crippen LogP contribution in [-0.4, -0.2) is 35.3 Å². The molecule has 0 spiro atoms. The van der Waals surface area contributed by atoms with E-state index in [2.05, 4.69) is 10.2 Å². The van der Waals surface area contributed by atoms with Gasteiger partial charge in [-0.15, -0.1) is 0 Å². The first kappa shape index (κ1) is 16.7. The largest absolute Gasteiger partial charge is 0.497 e. The minimum Gasteiger partial charge on any atom is -0.497 e. The van der Waals surface area contributed by atoms with Crippen LogP contribution in [0.3, 0.4) is 0 Å². The van der Waals surface area contributed by atoms with Crippen LogP contribution in [0.15, 0.2) is 54.6 Å². The first-order valence-corrected chi connectivity index (χ1v) is 8.49. The molecule has 0 radical (unpaired) electrons. The molecule has 0 unspecified atom stereocenters. The Morgan fingerprint density at radius 3 is 2.29 bits per heavy atom. The number of likely N-dealkylation sites (tertiary alicyclic amines) is 1.